The summed E-state index contributed by atoms with van der Waals surface area (Å²) in [6.45, 7) is 2.60. The number of hydrogen-bond acceptors (Lipinski definition) is 6. The van der Waals surface area contributed by atoms with E-state index >= 15 is 0 Å². The average molecular weight is 450 g/mol. The number of thiazole rings is 1. The van der Waals surface area contributed by atoms with E-state index in [1.54, 1.807) is 12.1 Å². The highest BCUT2D eigenvalue weighted by atomic mass is 32.2. The summed E-state index contributed by atoms with van der Waals surface area (Å²) in [7, 11) is -4.13. The lowest BCUT2D eigenvalue weighted by molar-refractivity contribution is -0.119. The van der Waals surface area contributed by atoms with Gasteiger partial charge >= 0.3 is 0 Å². The van der Waals surface area contributed by atoms with Gasteiger partial charge in [0.2, 0.25) is 15.9 Å². The van der Waals surface area contributed by atoms with Crippen molar-refractivity contribution in [2.45, 2.75) is 30.7 Å². The average Bonchev–Trinajstić information content (AvgIpc) is 3.35. The van der Waals surface area contributed by atoms with Crippen LogP contribution >= 0.6 is 11.3 Å². The van der Waals surface area contributed by atoms with Crippen molar-refractivity contribution in [2.24, 2.45) is 0 Å². The van der Waals surface area contributed by atoms with Gasteiger partial charge < -0.3 is 10.1 Å². The summed E-state index contributed by atoms with van der Waals surface area (Å²) in [6.07, 6.45) is 0.877. The number of amides is 1. The van der Waals surface area contributed by atoms with Gasteiger partial charge in [0.05, 0.1) is 16.8 Å². The number of aromatic nitrogens is 1. The Morgan fingerprint density at radius 2 is 2.13 bits per heavy atom. The molecule has 0 saturated carbocycles. The second-order valence-electron chi connectivity index (χ2n) is 6.78. The van der Waals surface area contributed by atoms with Gasteiger partial charge in [-0.25, -0.2) is 17.8 Å². The highest BCUT2D eigenvalue weighted by Gasteiger charge is 2.40. The molecular formula is C20H20FN3O4S2. The van der Waals surface area contributed by atoms with Gasteiger partial charge in [-0.15, -0.1) is 0 Å². The fraction of sp³-hybridized carbons (Fsp3) is 0.300. The molecule has 2 aromatic carbocycles. The molecule has 4 rings (SSSR count). The number of ether oxygens (including phenoxy) is 1. The summed E-state index contributed by atoms with van der Waals surface area (Å²) >= 11 is 1.28. The van der Waals surface area contributed by atoms with Crippen LogP contribution in [-0.2, 0) is 14.8 Å². The van der Waals surface area contributed by atoms with Gasteiger partial charge in [-0.2, -0.15) is 4.31 Å². The van der Waals surface area contributed by atoms with Crippen LogP contribution in [0.1, 0.15) is 19.8 Å². The van der Waals surface area contributed by atoms with Gasteiger partial charge in [-0.05, 0) is 50.1 Å². The van der Waals surface area contributed by atoms with Crippen LogP contribution in [0.3, 0.4) is 0 Å². The Morgan fingerprint density at radius 3 is 2.90 bits per heavy atom. The first-order valence-corrected chi connectivity index (χ1v) is 11.8. The van der Waals surface area contributed by atoms with E-state index in [9.17, 15) is 17.6 Å². The summed E-state index contributed by atoms with van der Waals surface area (Å²) in [5, 5.41) is 3.09. The van der Waals surface area contributed by atoms with E-state index < -0.39 is 32.7 Å². The Morgan fingerprint density at radius 1 is 1.33 bits per heavy atom. The molecule has 10 heteroatoms. The predicted molar refractivity (Wildman–Crippen MR) is 113 cm³/mol. The molecule has 30 heavy (non-hydrogen) atoms. The molecule has 1 atom stereocenters. The maximum Gasteiger partial charge on any atom is 0.246 e. The zero-order valence-corrected chi connectivity index (χ0v) is 17.8. The molecule has 2 heterocycles. The lowest BCUT2D eigenvalue weighted by atomic mass is 10.2. The van der Waals surface area contributed by atoms with Gasteiger partial charge in [0, 0.05) is 6.54 Å². The van der Waals surface area contributed by atoms with E-state index in [1.807, 2.05) is 13.0 Å². The van der Waals surface area contributed by atoms with Crippen molar-refractivity contribution >= 4 is 42.6 Å². The number of sulfonamides is 1. The van der Waals surface area contributed by atoms with E-state index in [0.717, 1.165) is 15.1 Å². The molecule has 1 aliphatic heterocycles. The number of hydrogen-bond donors (Lipinski definition) is 1. The highest BCUT2D eigenvalue weighted by molar-refractivity contribution is 7.89. The maximum absolute atomic E-state index is 14.1. The second-order valence-corrected chi connectivity index (χ2v) is 9.66. The van der Waals surface area contributed by atoms with Crippen LogP contribution in [0.5, 0.6) is 5.75 Å². The zero-order valence-electron chi connectivity index (χ0n) is 16.2. The molecule has 0 spiro atoms. The predicted octanol–water partition coefficient (Wildman–Crippen LogP) is 3.63. The normalized spacial score (nSPS) is 17.3. The molecule has 1 N–H and O–H groups in total. The van der Waals surface area contributed by atoms with Crippen molar-refractivity contribution < 1.29 is 22.3 Å². The molecule has 1 aliphatic rings. The van der Waals surface area contributed by atoms with E-state index in [-0.39, 0.29) is 6.54 Å². The third kappa shape index (κ3) is 3.90. The zero-order chi connectivity index (χ0) is 21.3. The van der Waals surface area contributed by atoms with Crippen LogP contribution in [0, 0.1) is 5.82 Å². The third-order valence-corrected chi connectivity index (χ3v) is 7.71. The van der Waals surface area contributed by atoms with Crippen LogP contribution < -0.4 is 10.1 Å². The largest absolute Gasteiger partial charge is 0.494 e. The molecule has 0 aliphatic carbocycles. The Bertz CT molecular complexity index is 1200. The number of halogens is 1. The van der Waals surface area contributed by atoms with Crippen LogP contribution in [0.15, 0.2) is 47.4 Å². The Balaban J connectivity index is 1.55. The number of anilines is 1. The number of nitrogens with zero attached hydrogens (tertiary/aromatic N) is 2. The molecule has 1 fully saturated rings. The lowest BCUT2D eigenvalue weighted by Gasteiger charge is -2.23. The molecule has 7 nitrogen and oxygen atoms in total. The third-order valence-electron chi connectivity index (χ3n) is 4.83. The number of rotatable bonds is 6. The smallest absolute Gasteiger partial charge is 0.246 e. The van der Waals surface area contributed by atoms with Crippen LogP contribution in [0.25, 0.3) is 10.2 Å². The van der Waals surface area contributed by atoms with Crippen LogP contribution in [0.2, 0.25) is 0 Å². The van der Waals surface area contributed by atoms with Crippen molar-refractivity contribution in [1.29, 1.82) is 0 Å². The van der Waals surface area contributed by atoms with Crippen molar-refractivity contribution in [1.82, 2.24) is 9.29 Å². The maximum atomic E-state index is 14.1. The monoisotopic (exact) mass is 449 g/mol. The number of carbonyl (C=O) groups is 1. The van der Waals surface area contributed by atoms with Gasteiger partial charge in [0.25, 0.3) is 0 Å². The molecule has 158 valence electrons. The lowest BCUT2D eigenvalue weighted by Crippen LogP contribution is -2.43. The van der Waals surface area contributed by atoms with E-state index in [2.05, 4.69) is 10.3 Å². The molecule has 1 unspecified atom stereocenters. The minimum atomic E-state index is -4.13. The second kappa shape index (κ2) is 8.29. The van der Waals surface area contributed by atoms with E-state index in [0.29, 0.717) is 35.8 Å². The van der Waals surface area contributed by atoms with Crippen molar-refractivity contribution in [3.05, 3.63) is 48.3 Å². The molecule has 3 aromatic rings. The summed E-state index contributed by atoms with van der Waals surface area (Å²) in [5.41, 5.74) is 0.709. The molecule has 1 amide bonds. The topological polar surface area (TPSA) is 88.6 Å². The quantitative estimate of drug-likeness (QED) is 0.621. The van der Waals surface area contributed by atoms with Crippen LogP contribution in [-0.4, -0.2) is 42.8 Å². The number of fused-ring (bicyclic) bond motifs is 1. The first-order chi connectivity index (χ1) is 14.4. The molecule has 1 saturated heterocycles. The first kappa shape index (κ1) is 20.7. The van der Waals surface area contributed by atoms with E-state index in [4.69, 9.17) is 4.74 Å². The molecule has 0 bridgehead atoms. The Hall–Kier alpha value is -2.56. The fourth-order valence-corrected chi connectivity index (χ4v) is 6.09. The molecule has 1 aromatic heterocycles. The van der Waals surface area contributed by atoms with Gasteiger partial charge in [-0.3, -0.25) is 4.79 Å². The summed E-state index contributed by atoms with van der Waals surface area (Å²) < 4.78 is 47.4. The van der Waals surface area contributed by atoms with Crippen molar-refractivity contribution in [2.75, 3.05) is 18.5 Å². The number of benzene rings is 2. The minimum absolute atomic E-state index is 0.159. The van der Waals surface area contributed by atoms with E-state index in [1.165, 1.54) is 29.5 Å². The van der Waals surface area contributed by atoms with Crippen molar-refractivity contribution in [3.63, 3.8) is 0 Å². The SMILES string of the molecule is CCOc1ccc2nc(NC(=O)C3CCCN3S(=O)(=O)c3ccccc3F)sc2c1. The summed E-state index contributed by atoms with van der Waals surface area (Å²) in [5.74, 6) is -0.596. The number of carbonyl (C=O) groups excluding carboxylic acids is 1. The number of nitrogens with one attached hydrogen (secondary N) is 1. The molecular weight excluding hydrogens is 429 g/mol. The van der Waals surface area contributed by atoms with Gasteiger partial charge in [-0.1, -0.05) is 23.5 Å². The minimum Gasteiger partial charge on any atom is -0.494 e. The summed E-state index contributed by atoms with van der Waals surface area (Å²) in [6, 6.07) is 9.72. The van der Waals surface area contributed by atoms with Gasteiger partial charge in [0.1, 0.15) is 22.5 Å². The van der Waals surface area contributed by atoms with Crippen molar-refractivity contribution in [3.8, 4) is 5.75 Å². The fourth-order valence-electron chi connectivity index (χ4n) is 3.47. The Kier molecular flexibility index (Phi) is 5.72. The van der Waals surface area contributed by atoms with Crippen LogP contribution in [0.4, 0.5) is 9.52 Å². The highest BCUT2D eigenvalue weighted by Crippen LogP contribution is 2.31. The summed E-state index contributed by atoms with van der Waals surface area (Å²) in [4.78, 5) is 16.8. The Labute approximate surface area is 177 Å². The first-order valence-electron chi connectivity index (χ1n) is 9.51. The van der Waals surface area contributed by atoms with Gasteiger partial charge in [0.15, 0.2) is 5.13 Å². The standard InChI is InChI=1S/C20H20FN3O4S2/c1-2-28-13-9-10-15-17(12-13)29-20(22-15)23-19(25)16-7-5-11-24(16)30(26,27)18-8-4-3-6-14(18)21/h3-4,6,8-10,12,16H,2,5,7,11H2,1H3,(H,22,23,25). The molecule has 0 radical (unpaired) electrons.